The number of nitrogens with zero attached hydrogens (tertiary/aromatic N) is 3. The molecule has 0 bridgehead atoms. The van der Waals surface area contributed by atoms with Gasteiger partial charge >= 0.3 is 0 Å². The maximum Gasteiger partial charge on any atom is 0.0542 e. The van der Waals surface area contributed by atoms with Crippen LogP contribution in [0.25, 0.3) is 0 Å². The minimum Gasteiger partial charge on any atom is -0.381 e. The summed E-state index contributed by atoms with van der Waals surface area (Å²) in [6, 6.07) is 16.9. The summed E-state index contributed by atoms with van der Waals surface area (Å²) in [6.45, 7) is 10.8. The first kappa shape index (κ1) is 23.6. The second-order valence-corrected chi connectivity index (χ2v) is 10.0. The highest BCUT2D eigenvalue weighted by Gasteiger charge is 2.35. The van der Waals surface area contributed by atoms with Crippen LogP contribution in [0.2, 0.25) is 0 Å². The number of aromatic nitrogens is 3. The molecule has 4 nitrogen and oxygen atoms in total. The molecule has 174 valence electrons. The molecule has 33 heavy (non-hydrogen) atoms. The van der Waals surface area contributed by atoms with E-state index in [9.17, 15) is 0 Å². The fraction of sp³-hybridized carbons (Fsp3) is 0.483. The van der Waals surface area contributed by atoms with Crippen molar-refractivity contribution in [3.05, 3.63) is 89.8 Å². The van der Waals surface area contributed by atoms with E-state index < -0.39 is 0 Å². The van der Waals surface area contributed by atoms with E-state index in [-0.39, 0.29) is 5.41 Å². The number of hydrogen-bond donors (Lipinski definition) is 0. The van der Waals surface area contributed by atoms with Gasteiger partial charge in [0.1, 0.15) is 0 Å². The standard InChI is InChI=1S/C29H37N3O/c1-21(2)29(4,26-10-6-8-16-31-26)27-12-11-23(20-32-27)19-22(3)28(24-13-17-33-18-14-24)25-9-5-7-15-30-25/h5-12,15-16,20-22,24,28H,13-14,17-19H2,1-4H3/t22?,28-,29?/m0/s1. The lowest BCUT2D eigenvalue weighted by Gasteiger charge is -2.34. The third-order valence-electron chi connectivity index (χ3n) is 7.68. The molecule has 0 N–H and O–H groups in total. The number of ether oxygens (including phenoxy) is 1. The third kappa shape index (κ3) is 5.16. The summed E-state index contributed by atoms with van der Waals surface area (Å²) in [4.78, 5) is 14.4. The minimum atomic E-state index is -0.218. The number of pyridine rings is 3. The first-order valence-electron chi connectivity index (χ1n) is 12.4. The number of hydrogen-bond acceptors (Lipinski definition) is 4. The van der Waals surface area contributed by atoms with Crippen LogP contribution in [0.15, 0.2) is 67.1 Å². The van der Waals surface area contributed by atoms with Crippen molar-refractivity contribution in [1.29, 1.82) is 0 Å². The molecule has 1 saturated heterocycles. The van der Waals surface area contributed by atoms with Crippen LogP contribution in [0.5, 0.6) is 0 Å². The molecule has 1 aliphatic rings. The predicted molar refractivity (Wildman–Crippen MR) is 133 cm³/mol. The Bertz CT molecular complexity index is 984. The predicted octanol–water partition coefficient (Wildman–Crippen LogP) is 6.22. The van der Waals surface area contributed by atoms with Crippen LogP contribution in [0.1, 0.15) is 69.1 Å². The summed E-state index contributed by atoms with van der Waals surface area (Å²) in [5.74, 6) is 1.91. The minimum absolute atomic E-state index is 0.218. The molecule has 0 spiro atoms. The molecular formula is C29H37N3O. The Morgan fingerprint density at radius 2 is 1.58 bits per heavy atom. The molecule has 0 saturated carbocycles. The molecule has 4 heterocycles. The molecule has 3 atom stereocenters. The SMILES string of the molecule is CC(Cc1ccc(C(C)(c2ccccn2)C(C)C)nc1)[C@H](c1ccccn1)C1CCOCC1. The van der Waals surface area contributed by atoms with Gasteiger partial charge in [0.15, 0.2) is 0 Å². The van der Waals surface area contributed by atoms with Gasteiger partial charge in [0.2, 0.25) is 0 Å². The molecule has 0 aliphatic carbocycles. The van der Waals surface area contributed by atoms with Gasteiger partial charge in [-0.15, -0.1) is 0 Å². The van der Waals surface area contributed by atoms with Gasteiger partial charge in [-0.3, -0.25) is 15.0 Å². The van der Waals surface area contributed by atoms with Crippen LogP contribution in [0, 0.1) is 17.8 Å². The second-order valence-electron chi connectivity index (χ2n) is 10.0. The van der Waals surface area contributed by atoms with Gasteiger partial charge in [0.25, 0.3) is 0 Å². The Morgan fingerprint density at radius 1 is 0.879 bits per heavy atom. The average molecular weight is 444 g/mol. The van der Waals surface area contributed by atoms with Crippen molar-refractivity contribution >= 4 is 0 Å². The first-order chi connectivity index (χ1) is 16.0. The Morgan fingerprint density at radius 3 is 2.15 bits per heavy atom. The summed E-state index contributed by atoms with van der Waals surface area (Å²) in [5, 5.41) is 0. The molecule has 2 unspecified atom stereocenters. The van der Waals surface area contributed by atoms with E-state index in [2.05, 4.69) is 75.3 Å². The molecular weight excluding hydrogens is 406 g/mol. The van der Waals surface area contributed by atoms with E-state index in [4.69, 9.17) is 14.7 Å². The second kappa shape index (κ2) is 10.6. The van der Waals surface area contributed by atoms with Crippen molar-refractivity contribution in [3.63, 3.8) is 0 Å². The lowest BCUT2D eigenvalue weighted by molar-refractivity contribution is 0.0504. The zero-order valence-corrected chi connectivity index (χ0v) is 20.4. The maximum atomic E-state index is 5.65. The van der Waals surface area contributed by atoms with Crippen LogP contribution < -0.4 is 0 Å². The highest BCUT2D eigenvalue weighted by atomic mass is 16.5. The van der Waals surface area contributed by atoms with Crippen LogP contribution in [0.4, 0.5) is 0 Å². The molecule has 0 radical (unpaired) electrons. The zero-order chi connectivity index (χ0) is 23.3. The molecule has 1 aliphatic heterocycles. The van der Waals surface area contributed by atoms with E-state index in [0.717, 1.165) is 43.9 Å². The van der Waals surface area contributed by atoms with Crippen molar-refractivity contribution in [2.45, 2.75) is 58.3 Å². The first-order valence-corrected chi connectivity index (χ1v) is 12.4. The van der Waals surface area contributed by atoms with Crippen LogP contribution in [0.3, 0.4) is 0 Å². The fourth-order valence-electron chi connectivity index (χ4n) is 5.39. The Hall–Kier alpha value is -2.59. The van der Waals surface area contributed by atoms with E-state index in [0.29, 0.717) is 23.7 Å². The van der Waals surface area contributed by atoms with Crippen LogP contribution in [-0.4, -0.2) is 28.2 Å². The molecule has 0 amide bonds. The number of rotatable bonds is 8. The smallest absolute Gasteiger partial charge is 0.0542 e. The van der Waals surface area contributed by atoms with E-state index >= 15 is 0 Å². The Balaban J connectivity index is 1.56. The summed E-state index contributed by atoms with van der Waals surface area (Å²) < 4.78 is 5.65. The van der Waals surface area contributed by atoms with E-state index in [1.165, 1.54) is 11.3 Å². The molecule has 0 aromatic carbocycles. The Labute approximate surface area is 198 Å². The topological polar surface area (TPSA) is 47.9 Å². The van der Waals surface area contributed by atoms with Crippen LogP contribution >= 0.6 is 0 Å². The highest BCUT2D eigenvalue weighted by Crippen LogP contribution is 2.39. The lowest BCUT2D eigenvalue weighted by atomic mass is 9.72. The van der Waals surface area contributed by atoms with Gasteiger partial charge in [0, 0.05) is 43.4 Å². The van der Waals surface area contributed by atoms with E-state index in [1.807, 2.05) is 24.5 Å². The molecule has 3 aromatic rings. The van der Waals surface area contributed by atoms with Gasteiger partial charge in [-0.2, -0.15) is 0 Å². The molecule has 4 heteroatoms. The monoisotopic (exact) mass is 443 g/mol. The lowest BCUT2D eigenvalue weighted by Crippen LogP contribution is -2.32. The Kier molecular flexibility index (Phi) is 7.54. The van der Waals surface area contributed by atoms with Gasteiger partial charge in [-0.1, -0.05) is 39.0 Å². The summed E-state index contributed by atoms with van der Waals surface area (Å²) in [6.07, 6.45) is 9.09. The van der Waals surface area contributed by atoms with Gasteiger partial charge < -0.3 is 4.74 Å². The molecule has 4 rings (SSSR count). The van der Waals surface area contributed by atoms with Gasteiger partial charge in [0.05, 0.1) is 16.8 Å². The summed E-state index contributed by atoms with van der Waals surface area (Å²) in [7, 11) is 0. The normalized spacial score (nSPS) is 18.6. The molecule has 3 aromatic heterocycles. The third-order valence-corrected chi connectivity index (χ3v) is 7.68. The summed E-state index contributed by atoms with van der Waals surface area (Å²) >= 11 is 0. The van der Waals surface area contributed by atoms with Crippen molar-refractivity contribution in [1.82, 2.24) is 15.0 Å². The highest BCUT2D eigenvalue weighted by molar-refractivity contribution is 5.32. The fourth-order valence-corrected chi connectivity index (χ4v) is 5.39. The van der Waals surface area contributed by atoms with Crippen molar-refractivity contribution in [3.8, 4) is 0 Å². The quantitative estimate of drug-likeness (QED) is 0.414. The van der Waals surface area contributed by atoms with Crippen molar-refractivity contribution < 1.29 is 4.74 Å². The van der Waals surface area contributed by atoms with E-state index in [1.54, 1.807) is 0 Å². The average Bonchev–Trinajstić information content (AvgIpc) is 2.86. The van der Waals surface area contributed by atoms with Crippen molar-refractivity contribution in [2.24, 2.45) is 17.8 Å². The zero-order valence-electron chi connectivity index (χ0n) is 20.4. The molecule has 1 fully saturated rings. The van der Waals surface area contributed by atoms with Gasteiger partial charge in [-0.25, -0.2) is 0 Å². The summed E-state index contributed by atoms with van der Waals surface area (Å²) in [5.41, 5.74) is 4.43. The largest absolute Gasteiger partial charge is 0.381 e. The maximum absolute atomic E-state index is 5.65. The van der Waals surface area contributed by atoms with Gasteiger partial charge in [-0.05, 0) is 79.8 Å². The van der Waals surface area contributed by atoms with Crippen LogP contribution in [-0.2, 0) is 16.6 Å². The van der Waals surface area contributed by atoms with Crippen molar-refractivity contribution in [2.75, 3.05) is 13.2 Å².